The summed E-state index contributed by atoms with van der Waals surface area (Å²) in [6, 6.07) is 6.65. The molecule has 0 aliphatic carbocycles. The highest BCUT2D eigenvalue weighted by Gasteiger charge is 2.24. The summed E-state index contributed by atoms with van der Waals surface area (Å²) in [5.74, 6) is 1.21. The highest BCUT2D eigenvalue weighted by molar-refractivity contribution is 5.33. The molecule has 0 bridgehead atoms. The van der Waals surface area contributed by atoms with Gasteiger partial charge >= 0.3 is 0 Å². The topological polar surface area (TPSA) is 35.2 Å². The molecule has 1 unspecified atom stereocenters. The summed E-state index contributed by atoms with van der Waals surface area (Å²) in [5.41, 5.74) is 10.0. The summed E-state index contributed by atoms with van der Waals surface area (Å²) in [5, 5.41) is 0. The van der Waals surface area contributed by atoms with Crippen LogP contribution in [0.15, 0.2) is 18.2 Å². The molecule has 2 N–H and O–H groups in total. The fourth-order valence-corrected chi connectivity index (χ4v) is 2.37. The molecule has 88 valence electrons. The van der Waals surface area contributed by atoms with Gasteiger partial charge in [0.25, 0.3) is 0 Å². The normalized spacial score (nSPS) is 18.2. The second-order valence-electron chi connectivity index (χ2n) is 4.93. The van der Waals surface area contributed by atoms with Gasteiger partial charge in [-0.05, 0) is 43.9 Å². The van der Waals surface area contributed by atoms with Crippen molar-refractivity contribution in [3.05, 3.63) is 34.9 Å². The molecule has 2 heteroatoms. The van der Waals surface area contributed by atoms with E-state index in [1.165, 1.54) is 23.1 Å². The Balaban J connectivity index is 2.14. The molecule has 1 aromatic carbocycles. The molecule has 1 saturated heterocycles. The van der Waals surface area contributed by atoms with E-state index < -0.39 is 0 Å². The molecule has 1 fully saturated rings. The van der Waals surface area contributed by atoms with Gasteiger partial charge in [-0.15, -0.1) is 0 Å². The van der Waals surface area contributed by atoms with Crippen molar-refractivity contribution in [1.82, 2.24) is 0 Å². The molecule has 0 saturated carbocycles. The second-order valence-corrected chi connectivity index (χ2v) is 4.93. The van der Waals surface area contributed by atoms with E-state index in [-0.39, 0.29) is 0 Å². The summed E-state index contributed by atoms with van der Waals surface area (Å²) in [6.45, 7) is 6.89. The molecule has 0 radical (unpaired) electrons. The predicted octanol–water partition coefficient (Wildman–Crippen LogP) is 2.38. The minimum atomic E-state index is 0.494. The predicted molar refractivity (Wildman–Crippen MR) is 66.6 cm³/mol. The summed E-state index contributed by atoms with van der Waals surface area (Å²) >= 11 is 0. The van der Waals surface area contributed by atoms with Crippen molar-refractivity contribution in [2.75, 3.05) is 19.8 Å². The zero-order chi connectivity index (χ0) is 11.5. The third-order valence-corrected chi connectivity index (χ3v) is 3.48. The van der Waals surface area contributed by atoms with Gasteiger partial charge in [0, 0.05) is 5.92 Å². The van der Waals surface area contributed by atoms with Gasteiger partial charge in [0.2, 0.25) is 0 Å². The Morgan fingerprint density at radius 1 is 1.38 bits per heavy atom. The van der Waals surface area contributed by atoms with E-state index in [0.717, 1.165) is 19.8 Å². The minimum absolute atomic E-state index is 0.494. The largest absolute Gasteiger partial charge is 0.381 e. The maximum absolute atomic E-state index is 5.91. The first-order chi connectivity index (χ1) is 7.70. The quantitative estimate of drug-likeness (QED) is 0.844. The number of hydrogen-bond donors (Lipinski definition) is 1. The molecule has 1 heterocycles. The van der Waals surface area contributed by atoms with Gasteiger partial charge in [0.05, 0.1) is 13.2 Å². The lowest BCUT2D eigenvalue weighted by molar-refractivity contribution is -0.0382. The first-order valence-electron chi connectivity index (χ1n) is 6.05. The molecular formula is C14H21NO. The Kier molecular flexibility index (Phi) is 3.62. The number of hydrogen-bond acceptors (Lipinski definition) is 2. The lowest BCUT2D eigenvalue weighted by Gasteiger charge is -2.30. The number of nitrogens with two attached hydrogens (primary N) is 1. The molecule has 2 nitrogen and oxygen atoms in total. The van der Waals surface area contributed by atoms with Crippen LogP contribution in [0.5, 0.6) is 0 Å². The van der Waals surface area contributed by atoms with E-state index in [1.54, 1.807) is 0 Å². The van der Waals surface area contributed by atoms with Gasteiger partial charge < -0.3 is 10.5 Å². The first-order valence-corrected chi connectivity index (χ1v) is 6.05. The van der Waals surface area contributed by atoms with Crippen LogP contribution in [0.4, 0.5) is 0 Å². The summed E-state index contributed by atoms with van der Waals surface area (Å²) in [7, 11) is 0. The number of aryl methyl sites for hydroxylation is 2. The van der Waals surface area contributed by atoms with E-state index in [0.29, 0.717) is 11.8 Å². The zero-order valence-corrected chi connectivity index (χ0v) is 10.2. The van der Waals surface area contributed by atoms with E-state index in [4.69, 9.17) is 10.5 Å². The molecule has 1 atom stereocenters. The first kappa shape index (κ1) is 11.6. The van der Waals surface area contributed by atoms with Gasteiger partial charge in [-0.2, -0.15) is 0 Å². The summed E-state index contributed by atoms with van der Waals surface area (Å²) < 4.78 is 5.23. The average Bonchev–Trinajstić information content (AvgIpc) is 2.21. The van der Waals surface area contributed by atoms with Gasteiger partial charge in [0.1, 0.15) is 0 Å². The Hall–Kier alpha value is -0.860. The molecule has 0 aromatic heterocycles. The Labute approximate surface area is 97.8 Å². The van der Waals surface area contributed by atoms with E-state index in [2.05, 4.69) is 32.0 Å². The lowest BCUT2D eigenvalue weighted by Crippen LogP contribution is -2.31. The Morgan fingerprint density at radius 3 is 2.69 bits per heavy atom. The van der Waals surface area contributed by atoms with Gasteiger partial charge in [-0.25, -0.2) is 0 Å². The van der Waals surface area contributed by atoms with E-state index in [1.807, 2.05) is 0 Å². The second kappa shape index (κ2) is 4.98. The minimum Gasteiger partial charge on any atom is -0.381 e. The van der Waals surface area contributed by atoms with Crippen molar-refractivity contribution < 1.29 is 4.74 Å². The van der Waals surface area contributed by atoms with E-state index >= 15 is 0 Å². The van der Waals surface area contributed by atoms with Crippen LogP contribution < -0.4 is 5.73 Å². The van der Waals surface area contributed by atoms with Crippen LogP contribution in [-0.4, -0.2) is 19.8 Å². The molecule has 16 heavy (non-hydrogen) atoms. The smallest absolute Gasteiger partial charge is 0.0516 e. The van der Waals surface area contributed by atoms with Crippen LogP contribution in [0.3, 0.4) is 0 Å². The third kappa shape index (κ3) is 2.45. The molecule has 2 rings (SSSR count). The van der Waals surface area contributed by atoms with Crippen molar-refractivity contribution >= 4 is 0 Å². The van der Waals surface area contributed by atoms with Gasteiger partial charge in [-0.3, -0.25) is 0 Å². The summed E-state index contributed by atoms with van der Waals surface area (Å²) in [6.07, 6.45) is 1.17. The van der Waals surface area contributed by atoms with Crippen LogP contribution in [0, 0.1) is 19.8 Å². The molecule has 1 aliphatic heterocycles. The maximum Gasteiger partial charge on any atom is 0.0516 e. The maximum atomic E-state index is 5.91. The number of rotatable bonds is 4. The highest BCUT2D eigenvalue weighted by Crippen LogP contribution is 2.29. The monoisotopic (exact) mass is 219 g/mol. The highest BCUT2D eigenvalue weighted by atomic mass is 16.5. The van der Waals surface area contributed by atoms with Crippen molar-refractivity contribution in [2.45, 2.75) is 26.2 Å². The molecule has 0 amide bonds. The van der Waals surface area contributed by atoms with Crippen molar-refractivity contribution in [3.63, 3.8) is 0 Å². The van der Waals surface area contributed by atoms with Crippen LogP contribution in [-0.2, 0) is 4.74 Å². The number of ether oxygens (including phenoxy) is 1. The van der Waals surface area contributed by atoms with Crippen LogP contribution in [0.2, 0.25) is 0 Å². The third-order valence-electron chi connectivity index (χ3n) is 3.48. The van der Waals surface area contributed by atoms with Gasteiger partial charge in [-0.1, -0.05) is 23.8 Å². The molecule has 1 aliphatic rings. The average molecular weight is 219 g/mol. The van der Waals surface area contributed by atoms with Crippen molar-refractivity contribution in [1.29, 1.82) is 0 Å². The Morgan fingerprint density at radius 2 is 2.12 bits per heavy atom. The van der Waals surface area contributed by atoms with Crippen LogP contribution in [0.25, 0.3) is 0 Å². The molecule has 0 spiro atoms. The molecule has 1 aromatic rings. The van der Waals surface area contributed by atoms with E-state index in [9.17, 15) is 0 Å². The molecular weight excluding hydrogens is 198 g/mol. The zero-order valence-electron chi connectivity index (χ0n) is 10.2. The number of benzene rings is 1. The Bertz CT molecular complexity index is 358. The fraction of sp³-hybridized carbons (Fsp3) is 0.571. The SMILES string of the molecule is Cc1ccc(C)c(C(CN)CC2COC2)c1. The van der Waals surface area contributed by atoms with Crippen LogP contribution >= 0.6 is 0 Å². The standard InChI is InChI=1S/C14H21NO/c1-10-3-4-11(2)14(5-10)13(7-15)6-12-8-16-9-12/h3-5,12-13H,6-9,15H2,1-2H3. The fourth-order valence-electron chi connectivity index (χ4n) is 2.37. The van der Waals surface area contributed by atoms with Crippen LogP contribution in [0.1, 0.15) is 29.0 Å². The lowest BCUT2D eigenvalue weighted by atomic mass is 9.85. The summed E-state index contributed by atoms with van der Waals surface area (Å²) in [4.78, 5) is 0. The van der Waals surface area contributed by atoms with Crippen molar-refractivity contribution in [3.8, 4) is 0 Å². The van der Waals surface area contributed by atoms with Crippen molar-refractivity contribution in [2.24, 2.45) is 11.7 Å². The van der Waals surface area contributed by atoms with Gasteiger partial charge in [0.15, 0.2) is 0 Å².